The Morgan fingerprint density at radius 3 is 2.80 bits per heavy atom. The van der Waals surface area contributed by atoms with Crippen molar-refractivity contribution in [3.8, 4) is 11.6 Å². The quantitative estimate of drug-likeness (QED) is 0.633. The fraction of sp³-hybridized carbons (Fsp3) is 0.286. The van der Waals surface area contributed by atoms with E-state index in [1.807, 2.05) is 6.92 Å². The van der Waals surface area contributed by atoms with Gasteiger partial charge in [0, 0.05) is 6.20 Å². The van der Waals surface area contributed by atoms with Crippen molar-refractivity contribution in [1.82, 2.24) is 4.98 Å². The lowest BCUT2D eigenvalue weighted by atomic mass is 10.3. The van der Waals surface area contributed by atoms with Crippen molar-refractivity contribution < 1.29 is 9.84 Å². The molecule has 0 aromatic carbocycles. The van der Waals surface area contributed by atoms with Crippen LogP contribution in [0.5, 0.6) is 11.6 Å². The van der Waals surface area contributed by atoms with Gasteiger partial charge in [-0.25, -0.2) is 4.98 Å². The van der Waals surface area contributed by atoms with E-state index in [0.717, 1.165) is 5.56 Å². The van der Waals surface area contributed by atoms with Gasteiger partial charge < -0.3 is 9.84 Å². The molecule has 3 heteroatoms. The first-order valence-corrected chi connectivity index (χ1v) is 2.93. The lowest BCUT2D eigenvalue weighted by Crippen LogP contribution is -1.86. The summed E-state index contributed by atoms with van der Waals surface area (Å²) < 4.78 is 4.81. The van der Waals surface area contributed by atoms with Gasteiger partial charge in [0.25, 0.3) is 5.88 Å². The molecule has 0 fully saturated rings. The van der Waals surface area contributed by atoms with Gasteiger partial charge in [-0.3, -0.25) is 0 Å². The zero-order valence-electron chi connectivity index (χ0n) is 5.96. The number of hydrogen-bond donors (Lipinski definition) is 1. The lowest BCUT2D eigenvalue weighted by molar-refractivity contribution is 0.362. The highest BCUT2D eigenvalue weighted by Gasteiger charge is 1.99. The van der Waals surface area contributed by atoms with Crippen LogP contribution >= 0.6 is 0 Å². The Morgan fingerprint density at radius 2 is 2.30 bits per heavy atom. The van der Waals surface area contributed by atoms with Gasteiger partial charge in [-0.15, -0.1) is 0 Å². The van der Waals surface area contributed by atoms with E-state index in [0.29, 0.717) is 5.75 Å². The van der Waals surface area contributed by atoms with Crippen LogP contribution in [0.1, 0.15) is 5.56 Å². The van der Waals surface area contributed by atoms with Crippen molar-refractivity contribution in [1.29, 1.82) is 0 Å². The largest absolute Gasteiger partial charge is 0.491 e. The molecule has 0 radical (unpaired) electrons. The van der Waals surface area contributed by atoms with Gasteiger partial charge in [0.2, 0.25) is 0 Å². The maximum atomic E-state index is 9.00. The number of nitrogens with zero attached hydrogens (tertiary/aromatic N) is 1. The zero-order valence-corrected chi connectivity index (χ0v) is 5.96. The monoisotopic (exact) mass is 139 g/mol. The van der Waals surface area contributed by atoms with Crippen LogP contribution in [0.25, 0.3) is 0 Å². The molecular weight excluding hydrogens is 130 g/mol. The Kier molecular flexibility index (Phi) is 1.76. The summed E-state index contributed by atoms with van der Waals surface area (Å²) in [6.07, 6.45) is 1.58. The van der Waals surface area contributed by atoms with E-state index >= 15 is 0 Å². The van der Waals surface area contributed by atoms with Gasteiger partial charge in [-0.05, 0) is 18.6 Å². The highest BCUT2D eigenvalue weighted by molar-refractivity contribution is 5.34. The molecule has 1 aromatic heterocycles. The molecule has 0 amide bonds. The number of aromatic nitrogens is 1. The zero-order chi connectivity index (χ0) is 7.56. The van der Waals surface area contributed by atoms with E-state index in [1.54, 1.807) is 12.3 Å². The number of rotatable bonds is 1. The predicted octanol–water partition coefficient (Wildman–Crippen LogP) is 1.10. The van der Waals surface area contributed by atoms with Gasteiger partial charge in [0.05, 0.1) is 7.11 Å². The normalized spacial score (nSPS) is 9.40. The van der Waals surface area contributed by atoms with Crippen LogP contribution in [0, 0.1) is 6.92 Å². The number of pyridine rings is 1. The van der Waals surface area contributed by atoms with Gasteiger partial charge in [0.15, 0.2) is 5.75 Å². The van der Waals surface area contributed by atoms with Gasteiger partial charge >= 0.3 is 0 Å². The minimum absolute atomic E-state index is 0.0619. The fourth-order valence-corrected chi connectivity index (χ4v) is 0.685. The summed E-state index contributed by atoms with van der Waals surface area (Å²) >= 11 is 0. The summed E-state index contributed by atoms with van der Waals surface area (Å²) in [5.74, 6) is 0.355. The van der Waals surface area contributed by atoms with Crippen molar-refractivity contribution in [2.45, 2.75) is 6.92 Å². The van der Waals surface area contributed by atoms with Crippen molar-refractivity contribution in [2.75, 3.05) is 7.11 Å². The number of methoxy groups -OCH3 is 1. The molecule has 1 rings (SSSR count). The molecule has 0 saturated heterocycles. The molecule has 0 aliphatic carbocycles. The molecule has 0 bridgehead atoms. The van der Waals surface area contributed by atoms with E-state index < -0.39 is 0 Å². The van der Waals surface area contributed by atoms with E-state index in [1.165, 1.54) is 7.11 Å². The average molecular weight is 139 g/mol. The maximum absolute atomic E-state index is 9.00. The van der Waals surface area contributed by atoms with Crippen LogP contribution in [0.15, 0.2) is 12.3 Å². The van der Waals surface area contributed by atoms with Crippen LogP contribution in [0.2, 0.25) is 0 Å². The van der Waals surface area contributed by atoms with E-state index in [2.05, 4.69) is 4.98 Å². The second-order valence-electron chi connectivity index (χ2n) is 2.04. The standard InChI is InChI=1S/C7H9NO2/c1-5-3-6(10-2)7(9)8-4-5/h3-4H,1-2H3,(H,8,9). The maximum Gasteiger partial charge on any atom is 0.254 e. The summed E-state index contributed by atoms with van der Waals surface area (Å²) in [6.45, 7) is 1.88. The number of aryl methyl sites for hydroxylation is 1. The second kappa shape index (κ2) is 2.56. The number of ether oxygens (including phenoxy) is 1. The SMILES string of the molecule is COc1cc(C)cnc1O. The molecule has 0 aliphatic rings. The Morgan fingerprint density at radius 1 is 1.60 bits per heavy atom. The molecule has 10 heavy (non-hydrogen) atoms. The van der Waals surface area contributed by atoms with Crippen LogP contribution in [0.4, 0.5) is 0 Å². The topological polar surface area (TPSA) is 42.4 Å². The van der Waals surface area contributed by atoms with Gasteiger partial charge in [-0.1, -0.05) is 0 Å². The van der Waals surface area contributed by atoms with Crippen LogP contribution in [0.3, 0.4) is 0 Å². The molecule has 0 atom stereocenters. The van der Waals surface area contributed by atoms with Gasteiger partial charge in [-0.2, -0.15) is 0 Å². The molecule has 1 aromatic rings. The Hall–Kier alpha value is -1.25. The Bertz CT molecular complexity index is 235. The highest BCUT2D eigenvalue weighted by atomic mass is 16.5. The number of aromatic hydroxyl groups is 1. The van der Waals surface area contributed by atoms with E-state index in [-0.39, 0.29) is 5.88 Å². The third-order valence-electron chi connectivity index (χ3n) is 1.19. The average Bonchev–Trinajstić information content (AvgIpc) is 1.94. The van der Waals surface area contributed by atoms with Crippen molar-refractivity contribution in [3.63, 3.8) is 0 Å². The number of hydrogen-bond acceptors (Lipinski definition) is 3. The first kappa shape index (κ1) is 6.86. The summed E-state index contributed by atoms with van der Waals surface area (Å²) in [4.78, 5) is 3.68. The highest BCUT2D eigenvalue weighted by Crippen LogP contribution is 2.22. The molecule has 0 spiro atoms. The smallest absolute Gasteiger partial charge is 0.254 e. The minimum Gasteiger partial charge on any atom is -0.491 e. The third kappa shape index (κ3) is 1.18. The molecule has 1 heterocycles. The summed E-state index contributed by atoms with van der Waals surface area (Å²) in [6, 6.07) is 1.72. The second-order valence-corrected chi connectivity index (χ2v) is 2.04. The molecule has 0 saturated carbocycles. The van der Waals surface area contributed by atoms with Crippen molar-refractivity contribution in [3.05, 3.63) is 17.8 Å². The van der Waals surface area contributed by atoms with Crippen LogP contribution < -0.4 is 4.74 Å². The molecular formula is C7H9NO2. The fourth-order valence-electron chi connectivity index (χ4n) is 0.685. The summed E-state index contributed by atoms with van der Waals surface area (Å²) in [7, 11) is 1.50. The first-order valence-electron chi connectivity index (χ1n) is 2.93. The van der Waals surface area contributed by atoms with E-state index in [9.17, 15) is 0 Å². The van der Waals surface area contributed by atoms with Crippen LogP contribution in [-0.2, 0) is 0 Å². The first-order chi connectivity index (χ1) is 4.74. The molecule has 1 N–H and O–H groups in total. The Labute approximate surface area is 59.3 Å². The minimum atomic E-state index is -0.0619. The molecule has 3 nitrogen and oxygen atoms in total. The molecule has 0 unspecified atom stereocenters. The summed E-state index contributed by atoms with van der Waals surface area (Å²) in [5, 5.41) is 9.00. The molecule has 0 aliphatic heterocycles. The lowest BCUT2D eigenvalue weighted by Gasteiger charge is -2.01. The van der Waals surface area contributed by atoms with Gasteiger partial charge in [0.1, 0.15) is 0 Å². The summed E-state index contributed by atoms with van der Waals surface area (Å²) in [5.41, 5.74) is 0.967. The van der Waals surface area contributed by atoms with E-state index in [4.69, 9.17) is 9.84 Å². The van der Waals surface area contributed by atoms with Crippen molar-refractivity contribution >= 4 is 0 Å². The Balaban J connectivity index is 3.09. The van der Waals surface area contributed by atoms with Crippen molar-refractivity contribution in [2.24, 2.45) is 0 Å². The molecule has 54 valence electrons. The third-order valence-corrected chi connectivity index (χ3v) is 1.19. The van der Waals surface area contributed by atoms with Crippen LogP contribution in [-0.4, -0.2) is 17.2 Å². The predicted molar refractivity (Wildman–Crippen MR) is 37.2 cm³/mol.